The second-order valence-electron chi connectivity index (χ2n) is 7.33. The van der Waals surface area contributed by atoms with Crippen molar-refractivity contribution < 1.29 is 4.79 Å². The van der Waals surface area contributed by atoms with E-state index in [-0.39, 0.29) is 5.91 Å². The summed E-state index contributed by atoms with van der Waals surface area (Å²) in [5.41, 5.74) is 5.15. The third-order valence-corrected chi connectivity index (χ3v) is 6.51. The zero-order chi connectivity index (χ0) is 20.1. The molecule has 4 heterocycles. The molecule has 1 aliphatic rings. The van der Waals surface area contributed by atoms with Crippen LogP contribution in [0.5, 0.6) is 0 Å². The summed E-state index contributed by atoms with van der Waals surface area (Å²) in [7, 11) is 0. The first-order chi connectivity index (χ1) is 14.8. The van der Waals surface area contributed by atoms with Crippen molar-refractivity contribution in [2.75, 3.05) is 24.6 Å². The van der Waals surface area contributed by atoms with Crippen molar-refractivity contribution in [2.45, 2.75) is 0 Å². The average molecular weight is 411 g/mol. The average Bonchev–Trinajstić information content (AvgIpc) is 2.83. The topological polar surface area (TPSA) is 71.9 Å². The maximum atomic E-state index is 12.9. The maximum absolute atomic E-state index is 12.9. The van der Waals surface area contributed by atoms with Crippen LogP contribution in [0.4, 0.5) is 0 Å². The second-order valence-corrected chi connectivity index (χ2v) is 8.55. The first kappa shape index (κ1) is 17.5. The molecule has 1 saturated heterocycles. The quantitative estimate of drug-likeness (QED) is 0.306. The molecule has 7 heteroatoms. The molecule has 0 N–H and O–H groups in total. The molecule has 3 aromatic heterocycles. The Labute approximate surface area is 176 Å². The lowest BCUT2D eigenvalue weighted by molar-refractivity contribution is 0.0772. The monoisotopic (exact) mass is 411 g/mol. The van der Waals surface area contributed by atoms with Crippen LogP contribution in [0, 0.1) is 0 Å². The second kappa shape index (κ2) is 6.88. The first-order valence-electron chi connectivity index (χ1n) is 9.89. The van der Waals surface area contributed by atoms with Gasteiger partial charge in [-0.05, 0) is 30.3 Å². The van der Waals surface area contributed by atoms with Crippen LogP contribution in [0.2, 0.25) is 0 Å². The minimum Gasteiger partial charge on any atom is -0.337 e. The van der Waals surface area contributed by atoms with Gasteiger partial charge in [0.05, 0.1) is 22.1 Å². The highest BCUT2D eigenvalue weighted by Gasteiger charge is 2.20. The fourth-order valence-electron chi connectivity index (χ4n) is 4.09. The number of carbonyl (C=O) groups is 1. The Hall–Kier alpha value is -3.32. The Morgan fingerprint density at radius 3 is 2.10 bits per heavy atom. The number of rotatable bonds is 1. The SMILES string of the molecule is O=C(c1ccc2nc3c4ncccc4c4cccnc4c3nc2c1)N1CCSCC1. The fourth-order valence-corrected chi connectivity index (χ4v) is 4.99. The lowest BCUT2D eigenvalue weighted by Gasteiger charge is -2.26. The molecule has 1 fully saturated rings. The van der Waals surface area contributed by atoms with E-state index in [4.69, 9.17) is 9.97 Å². The van der Waals surface area contributed by atoms with Crippen LogP contribution < -0.4 is 0 Å². The van der Waals surface area contributed by atoms with Gasteiger partial charge in [0.25, 0.3) is 5.91 Å². The molecular formula is C23H17N5OS. The number of nitrogens with zero attached hydrogens (tertiary/aromatic N) is 5. The maximum Gasteiger partial charge on any atom is 0.253 e. The van der Waals surface area contributed by atoms with Crippen molar-refractivity contribution in [2.24, 2.45) is 0 Å². The molecule has 5 aromatic rings. The normalized spacial score (nSPS) is 14.7. The largest absolute Gasteiger partial charge is 0.337 e. The van der Waals surface area contributed by atoms with Crippen molar-refractivity contribution in [3.05, 3.63) is 60.4 Å². The zero-order valence-corrected chi connectivity index (χ0v) is 16.9. The van der Waals surface area contributed by atoms with E-state index in [1.807, 2.05) is 59.1 Å². The van der Waals surface area contributed by atoms with E-state index in [0.29, 0.717) is 16.6 Å². The third-order valence-electron chi connectivity index (χ3n) is 5.56. The van der Waals surface area contributed by atoms with Gasteiger partial charge in [0.15, 0.2) is 0 Å². The molecule has 146 valence electrons. The zero-order valence-electron chi connectivity index (χ0n) is 16.1. The lowest BCUT2D eigenvalue weighted by Crippen LogP contribution is -2.37. The number of fused-ring (bicyclic) bond motifs is 7. The van der Waals surface area contributed by atoms with Crippen molar-refractivity contribution in [3.63, 3.8) is 0 Å². The highest BCUT2D eigenvalue weighted by molar-refractivity contribution is 7.99. The summed E-state index contributed by atoms with van der Waals surface area (Å²) in [6.45, 7) is 1.58. The van der Waals surface area contributed by atoms with Crippen molar-refractivity contribution >= 4 is 61.5 Å². The molecule has 0 aliphatic carbocycles. The summed E-state index contributed by atoms with van der Waals surface area (Å²) in [6, 6.07) is 13.5. The molecule has 0 bridgehead atoms. The van der Waals surface area contributed by atoms with Gasteiger partial charge in [0.2, 0.25) is 0 Å². The fraction of sp³-hybridized carbons (Fsp3) is 0.174. The van der Waals surface area contributed by atoms with Gasteiger partial charge in [-0.15, -0.1) is 0 Å². The highest BCUT2D eigenvalue weighted by Crippen LogP contribution is 2.31. The highest BCUT2D eigenvalue weighted by atomic mass is 32.2. The molecule has 0 radical (unpaired) electrons. The minimum absolute atomic E-state index is 0.0576. The van der Waals surface area contributed by atoms with E-state index < -0.39 is 0 Å². The van der Waals surface area contributed by atoms with Crippen LogP contribution in [-0.4, -0.2) is 55.3 Å². The van der Waals surface area contributed by atoms with Crippen molar-refractivity contribution in [1.29, 1.82) is 0 Å². The van der Waals surface area contributed by atoms with Gasteiger partial charge >= 0.3 is 0 Å². The lowest BCUT2D eigenvalue weighted by atomic mass is 10.1. The predicted molar refractivity (Wildman–Crippen MR) is 121 cm³/mol. The Morgan fingerprint density at radius 1 is 0.800 bits per heavy atom. The smallest absolute Gasteiger partial charge is 0.253 e. The van der Waals surface area contributed by atoms with Crippen molar-refractivity contribution in [3.8, 4) is 0 Å². The summed E-state index contributed by atoms with van der Waals surface area (Å²) >= 11 is 1.89. The molecule has 0 spiro atoms. The Bertz CT molecular complexity index is 1460. The summed E-state index contributed by atoms with van der Waals surface area (Å²) in [4.78, 5) is 33.8. The van der Waals surface area contributed by atoms with Gasteiger partial charge in [0, 0.05) is 53.3 Å². The van der Waals surface area contributed by atoms with E-state index in [1.165, 1.54) is 0 Å². The Morgan fingerprint density at radius 2 is 1.43 bits per heavy atom. The van der Waals surface area contributed by atoms with Gasteiger partial charge in [-0.2, -0.15) is 11.8 Å². The number of carbonyl (C=O) groups excluding carboxylic acids is 1. The van der Waals surface area contributed by atoms with E-state index in [9.17, 15) is 4.79 Å². The first-order valence-corrected chi connectivity index (χ1v) is 11.0. The molecule has 0 unspecified atom stereocenters. The van der Waals surface area contributed by atoms with Crippen LogP contribution in [-0.2, 0) is 0 Å². The molecule has 30 heavy (non-hydrogen) atoms. The van der Waals surface area contributed by atoms with Crippen LogP contribution in [0.25, 0.3) is 43.9 Å². The predicted octanol–water partition coefficient (Wildman–Crippen LogP) is 4.07. The number of pyridine rings is 2. The number of amides is 1. The van der Waals surface area contributed by atoms with E-state index in [1.54, 1.807) is 12.4 Å². The molecule has 6 rings (SSSR count). The van der Waals surface area contributed by atoms with E-state index in [2.05, 4.69) is 9.97 Å². The molecule has 1 amide bonds. The molecule has 0 saturated carbocycles. The number of hydrogen-bond donors (Lipinski definition) is 0. The van der Waals surface area contributed by atoms with Gasteiger partial charge < -0.3 is 4.90 Å². The Kier molecular flexibility index (Phi) is 4.02. The molecular weight excluding hydrogens is 394 g/mol. The minimum atomic E-state index is 0.0576. The van der Waals surface area contributed by atoms with Gasteiger partial charge in [-0.3, -0.25) is 14.8 Å². The summed E-state index contributed by atoms with van der Waals surface area (Å²) in [5, 5.41) is 2.01. The molecule has 1 aliphatic heterocycles. The van der Waals surface area contributed by atoms with Gasteiger partial charge in [0.1, 0.15) is 11.0 Å². The van der Waals surface area contributed by atoms with Crippen LogP contribution in [0.3, 0.4) is 0 Å². The van der Waals surface area contributed by atoms with Crippen LogP contribution >= 0.6 is 11.8 Å². The number of hydrogen-bond acceptors (Lipinski definition) is 6. The summed E-state index contributed by atoms with van der Waals surface area (Å²) in [6.07, 6.45) is 3.54. The molecule has 2 aromatic carbocycles. The molecule has 0 atom stereocenters. The van der Waals surface area contributed by atoms with Gasteiger partial charge in [-0.25, -0.2) is 9.97 Å². The van der Waals surface area contributed by atoms with Crippen molar-refractivity contribution in [1.82, 2.24) is 24.8 Å². The standard InChI is InChI=1S/C23H17N5OS/c29-23(28-9-11-30-12-10-28)14-5-6-17-18(13-14)27-22-20-16(4-2-8-25-20)15-3-1-7-24-19(15)21(22)26-17/h1-8,13H,9-12H2. The van der Waals surface area contributed by atoms with E-state index >= 15 is 0 Å². The van der Waals surface area contributed by atoms with Crippen LogP contribution in [0.15, 0.2) is 54.9 Å². The third kappa shape index (κ3) is 2.69. The number of thioether (sulfide) groups is 1. The number of benzene rings is 2. The number of aromatic nitrogens is 4. The Balaban J connectivity index is 1.60. The van der Waals surface area contributed by atoms with E-state index in [0.717, 1.165) is 57.4 Å². The van der Waals surface area contributed by atoms with Crippen LogP contribution in [0.1, 0.15) is 10.4 Å². The summed E-state index contributed by atoms with van der Waals surface area (Å²) < 4.78 is 0. The summed E-state index contributed by atoms with van der Waals surface area (Å²) in [5.74, 6) is 2.03. The van der Waals surface area contributed by atoms with Gasteiger partial charge in [-0.1, -0.05) is 12.1 Å². The molecule has 6 nitrogen and oxygen atoms in total.